The molecule has 0 aromatic rings. The monoisotopic (exact) mass is 413 g/mol. The molecule has 0 aliphatic heterocycles. The van der Waals surface area contributed by atoms with E-state index < -0.39 is 12.0 Å². The van der Waals surface area contributed by atoms with Gasteiger partial charge in [-0.1, -0.05) is 34.1 Å². The van der Waals surface area contributed by atoms with Crippen molar-refractivity contribution in [3.05, 3.63) is 0 Å². The third kappa shape index (κ3) is 12.4. The van der Waals surface area contributed by atoms with E-state index in [1.54, 1.807) is 13.8 Å². The van der Waals surface area contributed by atoms with Crippen molar-refractivity contribution in [2.45, 2.75) is 72.3 Å². The highest BCUT2D eigenvalue weighted by Gasteiger charge is 2.29. The van der Waals surface area contributed by atoms with Crippen LogP contribution in [0.3, 0.4) is 0 Å². The fourth-order valence-electron chi connectivity index (χ4n) is 2.96. The van der Waals surface area contributed by atoms with E-state index in [1.165, 1.54) is 0 Å². The summed E-state index contributed by atoms with van der Waals surface area (Å²) < 4.78 is 5.23. The standard InChI is InChI=1S/C21H39N3O5/c1-14(2)17(13-16(25)9-11-29-12-10-22)21(28)24-18(20(27)15(3)4)7-5-6-8-19(23)26/h14-15,17-18H,5-13,22H2,1-4H3,(H2,23,26)(H,24,28)/t17-,18-/m0/s1. The van der Waals surface area contributed by atoms with Crippen LogP contribution in [-0.2, 0) is 23.9 Å². The van der Waals surface area contributed by atoms with Gasteiger partial charge in [0.15, 0.2) is 5.78 Å². The molecular formula is C21H39N3O5. The number of amides is 2. The molecule has 0 unspecified atom stereocenters. The first-order valence-electron chi connectivity index (χ1n) is 10.5. The zero-order chi connectivity index (χ0) is 22.4. The second-order valence-corrected chi connectivity index (χ2v) is 8.07. The summed E-state index contributed by atoms with van der Waals surface area (Å²) in [5, 5.41) is 2.84. The summed E-state index contributed by atoms with van der Waals surface area (Å²) in [6, 6.07) is -0.625. The van der Waals surface area contributed by atoms with Crippen molar-refractivity contribution in [3.8, 4) is 0 Å². The number of ketones is 2. The maximum absolute atomic E-state index is 12.8. The van der Waals surface area contributed by atoms with Gasteiger partial charge in [-0.3, -0.25) is 19.2 Å². The molecule has 2 atom stereocenters. The number of rotatable bonds is 17. The Morgan fingerprint density at radius 2 is 1.62 bits per heavy atom. The fourth-order valence-corrected chi connectivity index (χ4v) is 2.96. The molecule has 168 valence electrons. The Hall–Kier alpha value is -1.80. The van der Waals surface area contributed by atoms with Crippen molar-refractivity contribution in [1.29, 1.82) is 0 Å². The van der Waals surface area contributed by atoms with E-state index in [2.05, 4.69) is 5.32 Å². The van der Waals surface area contributed by atoms with E-state index in [4.69, 9.17) is 16.2 Å². The van der Waals surface area contributed by atoms with Crippen LogP contribution in [0.25, 0.3) is 0 Å². The lowest BCUT2D eigenvalue weighted by Gasteiger charge is -2.25. The summed E-state index contributed by atoms with van der Waals surface area (Å²) in [5.74, 6) is -1.56. The fraction of sp³-hybridized carbons (Fsp3) is 0.810. The molecule has 0 spiro atoms. The number of carbonyl (C=O) groups is 4. The minimum Gasteiger partial charge on any atom is -0.380 e. The number of Topliss-reactive ketones (excluding diaryl/α,β-unsaturated/α-hetero) is 2. The Balaban J connectivity index is 4.88. The van der Waals surface area contributed by atoms with Crippen LogP contribution in [0, 0.1) is 17.8 Å². The summed E-state index contributed by atoms with van der Waals surface area (Å²) in [7, 11) is 0. The van der Waals surface area contributed by atoms with E-state index in [0.717, 1.165) is 0 Å². The average Bonchev–Trinajstić information content (AvgIpc) is 2.64. The van der Waals surface area contributed by atoms with Gasteiger partial charge in [-0.15, -0.1) is 0 Å². The van der Waals surface area contributed by atoms with Crippen molar-refractivity contribution >= 4 is 23.4 Å². The van der Waals surface area contributed by atoms with Crippen LogP contribution in [0.2, 0.25) is 0 Å². The van der Waals surface area contributed by atoms with E-state index in [-0.39, 0.29) is 61.1 Å². The molecule has 0 aliphatic carbocycles. The van der Waals surface area contributed by atoms with Gasteiger partial charge in [-0.05, 0) is 18.8 Å². The van der Waals surface area contributed by atoms with Gasteiger partial charge in [0.05, 0.1) is 19.3 Å². The topological polar surface area (TPSA) is 142 Å². The number of hydrogen-bond acceptors (Lipinski definition) is 6. The lowest BCUT2D eigenvalue weighted by molar-refractivity contribution is -0.134. The summed E-state index contributed by atoms with van der Waals surface area (Å²) >= 11 is 0. The molecule has 8 heteroatoms. The summed E-state index contributed by atoms with van der Waals surface area (Å²) in [5.41, 5.74) is 10.5. The Bertz CT molecular complexity index is 534. The van der Waals surface area contributed by atoms with Crippen molar-refractivity contribution in [2.24, 2.45) is 29.2 Å². The maximum atomic E-state index is 12.8. The largest absolute Gasteiger partial charge is 0.380 e. The SMILES string of the molecule is CC(C)C(=O)[C@H](CCCCC(N)=O)NC(=O)[C@@H](CC(=O)CCOCCN)C(C)C. The zero-order valence-electron chi connectivity index (χ0n) is 18.4. The molecule has 0 radical (unpaired) electrons. The molecule has 0 aliphatic rings. The molecule has 2 amide bonds. The predicted molar refractivity (Wildman–Crippen MR) is 112 cm³/mol. The highest BCUT2D eigenvalue weighted by molar-refractivity contribution is 5.92. The van der Waals surface area contributed by atoms with Crippen molar-refractivity contribution in [1.82, 2.24) is 5.32 Å². The highest BCUT2D eigenvalue weighted by Crippen LogP contribution is 2.19. The predicted octanol–water partition coefficient (Wildman–Crippen LogP) is 1.34. The first-order valence-corrected chi connectivity index (χ1v) is 10.5. The lowest BCUT2D eigenvalue weighted by Crippen LogP contribution is -2.46. The molecule has 8 nitrogen and oxygen atoms in total. The van der Waals surface area contributed by atoms with Gasteiger partial charge in [-0.2, -0.15) is 0 Å². The molecule has 5 N–H and O–H groups in total. The van der Waals surface area contributed by atoms with Crippen LogP contribution in [0.5, 0.6) is 0 Å². The molecular weight excluding hydrogens is 374 g/mol. The van der Waals surface area contributed by atoms with Crippen LogP contribution >= 0.6 is 0 Å². The Labute approximate surface area is 174 Å². The van der Waals surface area contributed by atoms with Gasteiger partial charge in [0, 0.05) is 37.6 Å². The number of carbonyl (C=O) groups excluding carboxylic acids is 4. The van der Waals surface area contributed by atoms with Crippen molar-refractivity contribution in [2.75, 3.05) is 19.8 Å². The van der Waals surface area contributed by atoms with Gasteiger partial charge in [0.1, 0.15) is 5.78 Å². The Morgan fingerprint density at radius 3 is 2.14 bits per heavy atom. The normalized spacial score (nSPS) is 13.3. The van der Waals surface area contributed by atoms with Crippen LogP contribution in [0.1, 0.15) is 66.2 Å². The van der Waals surface area contributed by atoms with Crippen LogP contribution in [0.4, 0.5) is 0 Å². The highest BCUT2D eigenvalue weighted by atomic mass is 16.5. The molecule has 0 fully saturated rings. The number of ether oxygens (including phenoxy) is 1. The molecule has 29 heavy (non-hydrogen) atoms. The van der Waals surface area contributed by atoms with Crippen LogP contribution in [-0.4, -0.2) is 49.2 Å². The van der Waals surface area contributed by atoms with Gasteiger partial charge in [0.2, 0.25) is 11.8 Å². The quantitative estimate of drug-likeness (QED) is 0.307. The van der Waals surface area contributed by atoms with Gasteiger partial charge in [0.25, 0.3) is 0 Å². The third-order valence-electron chi connectivity index (χ3n) is 4.77. The summed E-state index contributed by atoms with van der Waals surface area (Å²) in [4.78, 5) is 48.5. The van der Waals surface area contributed by atoms with Gasteiger partial charge >= 0.3 is 0 Å². The number of unbranched alkanes of at least 4 members (excludes halogenated alkanes) is 1. The van der Waals surface area contributed by atoms with Crippen molar-refractivity contribution < 1.29 is 23.9 Å². The average molecular weight is 414 g/mol. The van der Waals surface area contributed by atoms with E-state index in [1.807, 2.05) is 13.8 Å². The molecule has 0 rings (SSSR count). The number of primary amides is 1. The molecule has 0 aromatic carbocycles. The second kappa shape index (κ2) is 15.1. The van der Waals surface area contributed by atoms with E-state index in [0.29, 0.717) is 32.4 Å². The third-order valence-corrected chi connectivity index (χ3v) is 4.77. The number of nitrogens with two attached hydrogens (primary N) is 2. The zero-order valence-corrected chi connectivity index (χ0v) is 18.4. The van der Waals surface area contributed by atoms with E-state index >= 15 is 0 Å². The van der Waals surface area contributed by atoms with Gasteiger partial charge < -0.3 is 21.5 Å². The number of nitrogens with one attached hydrogen (secondary N) is 1. The first-order chi connectivity index (χ1) is 13.6. The minimum atomic E-state index is -0.625. The van der Waals surface area contributed by atoms with Gasteiger partial charge in [-0.25, -0.2) is 0 Å². The lowest BCUT2D eigenvalue weighted by atomic mass is 9.88. The molecule has 0 saturated carbocycles. The van der Waals surface area contributed by atoms with Crippen molar-refractivity contribution in [3.63, 3.8) is 0 Å². The molecule has 0 saturated heterocycles. The summed E-state index contributed by atoms with van der Waals surface area (Å²) in [6.45, 7) is 8.43. The minimum absolute atomic E-state index is 0.0476. The first kappa shape index (κ1) is 27.2. The van der Waals surface area contributed by atoms with Crippen LogP contribution in [0.15, 0.2) is 0 Å². The molecule has 0 bridgehead atoms. The smallest absolute Gasteiger partial charge is 0.224 e. The Kier molecular flexibility index (Phi) is 14.2. The van der Waals surface area contributed by atoms with E-state index in [9.17, 15) is 19.2 Å². The number of hydrogen-bond donors (Lipinski definition) is 3. The summed E-state index contributed by atoms with van der Waals surface area (Å²) in [6.07, 6.45) is 2.23. The Morgan fingerprint density at radius 1 is 0.966 bits per heavy atom. The molecule has 0 aromatic heterocycles. The second-order valence-electron chi connectivity index (χ2n) is 8.07. The maximum Gasteiger partial charge on any atom is 0.224 e. The van der Waals surface area contributed by atoms with Crippen LogP contribution < -0.4 is 16.8 Å². The molecule has 0 heterocycles.